The lowest BCUT2D eigenvalue weighted by atomic mass is 9.90. The second kappa shape index (κ2) is 13.7. The number of aryl methyl sites for hydroxylation is 1. The molecule has 3 heterocycles. The predicted octanol–water partition coefficient (Wildman–Crippen LogP) is 5.93. The van der Waals surface area contributed by atoms with Crippen LogP contribution in [0.5, 0.6) is 0 Å². The van der Waals surface area contributed by atoms with Crippen molar-refractivity contribution < 1.29 is 14.3 Å². The van der Waals surface area contributed by atoms with Crippen LogP contribution >= 0.6 is 0 Å². The van der Waals surface area contributed by atoms with Gasteiger partial charge in [0.2, 0.25) is 0 Å². The first kappa shape index (κ1) is 28.7. The number of aromatic nitrogens is 2. The summed E-state index contributed by atoms with van der Waals surface area (Å²) in [5.41, 5.74) is 6.64. The van der Waals surface area contributed by atoms with E-state index in [0.29, 0.717) is 49.0 Å². The lowest BCUT2D eigenvalue weighted by Crippen LogP contribution is -2.37. The second-order valence-electron chi connectivity index (χ2n) is 11.1. The molecule has 216 valence electrons. The van der Waals surface area contributed by atoms with E-state index < -0.39 is 0 Å². The first-order valence-corrected chi connectivity index (χ1v) is 15.0. The second-order valence-corrected chi connectivity index (χ2v) is 11.1. The van der Waals surface area contributed by atoms with Crippen molar-refractivity contribution in [1.29, 1.82) is 0 Å². The average Bonchev–Trinajstić information content (AvgIpc) is 3.11. The van der Waals surface area contributed by atoms with Crippen molar-refractivity contribution in [2.45, 2.75) is 65.3 Å². The van der Waals surface area contributed by atoms with Crippen molar-refractivity contribution >= 4 is 17.6 Å². The molecule has 0 unspecified atom stereocenters. The Morgan fingerprint density at radius 1 is 0.976 bits per heavy atom. The van der Waals surface area contributed by atoms with Crippen molar-refractivity contribution in [3.05, 3.63) is 76.6 Å². The molecule has 1 atom stereocenters. The summed E-state index contributed by atoms with van der Waals surface area (Å²) in [6.45, 7) is 7.26. The molecule has 0 bridgehead atoms. The molecular formula is C33H41N5O3. The number of amides is 3. The van der Waals surface area contributed by atoms with Gasteiger partial charge in [-0.05, 0) is 81.8 Å². The molecule has 8 nitrogen and oxygen atoms in total. The van der Waals surface area contributed by atoms with Crippen LogP contribution in [0.2, 0.25) is 0 Å². The number of nitrogens with zero attached hydrogens (tertiary/aromatic N) is 3. The third-order valence-electron chi connectivity index (χ3n) is 8.02. The fourth-order valence-electron chi connectivity index (χ4n) is 5.66. The largest absolute Gasteiger partial charge is 0.381 e. The molecule has 2 aliphatic rings. The monoisotopic (exact) mass is 555 g/mol. The van der Waals surface area contributed by atoms with Crippen LogP contribution in [0, 0.1) is 12.8 Å². The summed E-state index contributed by atoms with van der Waals surface area (Å²) in [6, 6.07) is 15.2. The Morgan fingerprint density at radius 3 is 2.56 bits per heavy atom. The topological polar surface area (TPSA) is 96.4 Å². The highest BCUT2D eigenvalue weighted by Gasteiger charge is 2.27. The summed E-state index contributed by atoms with van der Waals surface area (Å²) in [6.07, 6.45) is 7.24. The maximum absolute atomic E-state index is 13.4. The lowest BCUT2D eigenvalue weighted by molar-refractivity contribution is 0.0732. The summed E-state index contributed by atoms with van der Waals surface area (Å²) < 4.78 is 5.87. The number of benzene rings is 2. The first-order chi connectivity index (χ1) is 20.0. The van der Waals surface area contributed by atoms with Crippen molar-refractivity contribution in [3.8, 4) is 11.4 Å². The van der Waals surface area contributed by atoms with Gasteiger partial charge in [0, 0.05) is 67.3 Å². The quantitative estimate of drug-likeness (QED) is 0.393. The van der Waals surface area contributed by atoms with Gasteiger partial charge in [-0.15, -0.1) is 0 Å². The average molecular weight is 556 g/mol. The number of carbonyl (C=O) groups excluding carboxylic acids is 2. The van der Waals surface area contributed by atoms with Gasteiger partial charge in [-0.1, -0.05) is 30.5 Å². The van der Waals surface area contributed by atoms with Gasteiger partial charge in [0.1, 0.15) is 0 Å². The van der Waals surface area contributed by atoms with Gasteiger partial charge < -0.3 is 20.3 Å². The van der Waals surface area contributed by atoms with Crippen LogP contribution in [0.4, 0.5) is 10.5 Å². The molecule has 1 saturated heterocycles. The van der Waals surface area contributed by atoms with Crippen LogP contribution in [-0.4, -0.2) is 53.1 Å². The smallest absolute Gasteiger partial charge is 0.319 e. The van der Waals surface area contributed by atoms with Crippen LogP contribution in [-0.2, 0) is 24.1 Å². The number of ether oxygens (including phenoxy) is 1. The van der Waals surface area contributed by atoms with Crippen LogP contribution in [0.25, 0.3) is 11.4 Å². The van der Waals surface area contributed by atoms with Gasteiger partial charge in [0.05, 0.1) is 5.69 Å². The molecule has 0 radical (unpaired) electrons. The summed E-state index contributed by atoms with van der Waals surface area (Å²) in [4.78, 5) is 37.4. The van der Waals surface area contributed by atoms with Gasteiger partial charge in [0.15, 0.2) is 5.82 Å². The molecule has 2 aromatic carbocycles. The normalized spacial score (nSPS) is 17.5. The van der Waals surface area contributed by atoms with E-state index in [4.69, 9.17) is 14.7 Å². The van der Waals surface area contributed by atoms with Gasteiger partial charge >= 0.3 is 6.03 Å². The van der Waals surface area contributed by atoms with E-state index in [2.05, 4.69) is 10.6 Å². The third-order valence-corrected chi connectivity index (χ3v) is 8.02. The molecule has 41 heavy (non-hydrogen) atoms. The van der Waals surface area contributed by atoms with E-state index in [1.807, 2.05) is 67.3 Å². The van der Waals surface area contributed by atoms with Crippen molar-refractivity contribution in [2.24, 2.45) is 5.92 Å². The number of nitrogens with one attached hydrogen (secondary N) is 2. The molecule has 0 spiro atoms. The highest BCUT2D eigenvalue weighted by atomic mass is 16.5. The molecule has 2 N–H and O–H groups in total. The van der Waals surface area contributed by atoms with E-state index in [1.165, 1.54) is 12.8 Å². The molecule has 1 aromatic heterocycles. The number of carbonyl (C=O) groups is 2. The fraction of sp³-hybridized carbons (Fsp3) is 0.455. The minimum Gasteiger partial charge on any atom is -0.381 e. The molecule has 5 rings (SSSR count). The Hall–Kier alpha value is -3.78. The Morgan fingerprint density at radius 2 is 1.78 bits per heavy atom. The zero-order chi connectivity index (χ0) is 28.6. The number of urea groups is 1. The van der Waals surface area contributed by atoms with E-state index in [1.54, 1.807) is 0 Å². The Bertz CT molecular complexity index is 1330. The zero-order valence-corrected chi connectivity index (χ0v) is 24.2. The number of fused-ring (bicyclic) bond motifs is 1. The molecule has 3 aromatic rings. The highest BCUT2D eigenvalue weighted by Crippen LogP contribution is 2.30. The highest BCUT2D eigenvalue weighted by molar-refractivity contribution is 5.94. The summed E-state index contributed by atoms with van der Waals surface area (Å²) in [5, 5.41) is 5.59. The summed E-state index contributed by atoms with van der Waals surface area (Å²) in [5.74, 6) is 1.23. The molecule has 2 aliphatic heterocycles. The maximum atomic E-state index is 13.4. The molecule has 8 heteroatoms. The maximum Gasteiger partial charge on any atom is 0.319 e. The van der Waals surface area contributed by atoms with Gasteiger partial charge in [0.25, 0.3) is 5.91 Å². The predicted molar refractivity (Wildman–Crippen MR) is 161 cm³/mol. The van der Waals surface area contributed by atoms with E-state index in [0.717, 1.165) is 67.0 Å². The van der Waals surface area contributed by atoms with E-state index >= 15 is 0 Å². The third kappa shape index (κ3) is 7.50. The van der Waals surface area contributed by atoms with Gasteiger partial charge in [-0.3, -0.25) is 4.79 Å². The SMILES string of the molecule is CCNC(=O)Nc1ccc(-c2nc3c(c(C[C@@H]4CCCCCOCC4)n2)CN(C(=O)c2ccc(C)cc2)CC3)cc1. The number of rotatable bonds is 6. The standard InChI is InChI=1S/C33H41N5O3/c1-3-34-33(40)35-27-14-12-25(13-15-27)31-36-29-16-18-38(32(39)26-10-8-23(2)9-11-26)22-28(29)30(37-31)21-24-7-5-4-6-19-41-20-17-24/h8-15,24H,3-7,16-22H2,1-2H3,(H2,34,35,40)/t24-/m1/s1. The summed E-state index contributed by atoms with van der Waals surface area (Å²) in [7, 11) is 0. The Balaban J connectivity index is 1.43. The Labute approximate surface area is 242 Å². The molecule has 0 aliphatic carbocycles. The van der Waals surface area contributed by atoms with Crippen LogP contribution in [0.3, 0.4) is 0 Å². The van der Waals surface area contributed by atoms with Crippen molar-refractivity contribution in [2.75, 3.05) is 31.6 Å². The summed E-state index contributed by atoms with van der Waals surface area (Å²) >= 11 is 0. The van der Waals surface area contributed by atoms with Crippen molar-refractivity contribution in [1.82, 2.24) is 20.2 Å². The lowest BCUT2D eigenvalue weighted by Gasteiger charge is -2.30. The van der Waals surface area contributed by atoms with Crippen LogP contribution < -0.4 is 10.6 Å². The van der Waals surface area contributed by atoms with Crippen molar-refractivity contribution in [3.63, 3.8) is 0 Å². The number of hydrogen-bond donors (Lipinski definition) is 2. The Kier molecular flexibility index (Phi) is 9.62. The number of anilines is 1. The minimum absolute atomic E-state index is 0.0525. The van der Waals surface area contributed by atoms with Gasteiger partial charge in [-0.2, -0.15) is 0 Å². The fourth-order valence-corrected chi connectivity index (χ4v) is 5.66. The number of hydrogen-bond acceptors (Lipinski definition) is 5. The zero-order valence-electron chi connectivity index (χ0n) is 24.2. The van der Waals surface area contributed by atoms with Crippen LogP contribution in [0.1, 0.15) is 71.9 Å². The molecule has 0 saturated carbocycles. The molecule has 3 amide bonds. The minimum atomic E-state index is -0.226. The van der Waals surface area contributed by atoms with E-state index in [9.17, 15) is 9.59 Å². The molecular weight excluding hydrogens is 514 g/mol. The molecule has 1 fully saturated rings. The van der Waals surface area contributed by atoms with Crippen LogP contribution in [0.15, 0.2) is 48.5 Å². The first-order valence-electron chi connectivity index (χ1n) is 15.0. The van der Waals surface area contributed by atoms with E-state index in [-0.39, 0.29) is 11.9 Å². The van der Waals surface area contributed by atoms with Gasteiger partial charge in [-0.25, -0.2) is 14.8 Å².